The second-order valence-corrected chi connectivity index (χ2v) is 6.73. The molecule has 0 aliphatic heterocycles. The first-order valence-electron chi connectivity index (χ1n) is 7.03. The second-order valence-electron chi connectivity index (χ2n) is 5.28. The van der Waals surface area contributed by atoms with Crippen molar-refractivity contribution in [2.75, 3.05) is 0 Å². The SMILES string of the molecule is Cc1nc2ccccc2nc1CS(=O)Cc1c(C)noc1C. The number of hydrogen-bond donors (Lipinski definition) is 0. The molecule has 0 aliphatic rings. The van der Waals surface area contributed by atoms with Gasteiger partial charge < -0.3 is 4.52 Å². The summed E-state index contributed by atoms with van der Waals surface area (Å²) in [6.07, 6.45) is 0. The first-order valence-corrected chi connectivity index (χ1v) is 8.52. The maximum Gasteiger partial charge on any atom is 0.138 e. The highest BCUT2D eigenvalue weighted by molar-refractivity contribution is 7.83. The van der Waals surface area contributed by atoms with Crippen LogP contribution in [0.4, 0.5) is 0 Å². The van der Waals surface area contributed by atoms with Crippen molar-refractivity contribution in [3.63, 3.8) is 0 Å². The van der Waals surface area contributed by atoms with E-state index in [0.29, 0.717) is 11.5 Å². The van der Waals surface area contributed by atoms with Gasteiger partial charge in [0.2, 0.25) is 0 Å². The Bertz CT molecular complexity index is 838. The van der Waals surface area contributed by atoms with E-state index in [2.05, 4.69) is 15.1 Å². The Morgan fingerprint density at radius 1 is 1.00 bits per heavy atom. The molecule has 0 spiro atoms. The molecule has 0 N–H and O–H groups in total. The Morgan fingerprint density at radius 3 is 2.32 bits per heavy atom. The fraction of sp³-hybridized carbons (Fsp3) is 0.312. The molecule has 3 rings (SSSR count). The summed E-state index contributed by atoms with van der Waals surface area (Å²) in [5.41, 5.74) is 5.02. The summed E-state index contributed by atoms with van der Waals surface area (Å²) in [6.45, 7) is 5.61. The van der Waals surface area contributed by atoms with Gasteiger partial charge in [0.25, 0.3) is 0 Å². The molecule has 1 aromatic carbocycles. The van der Waals surface area contributed by atoms with Crippen molar-refractivity contribution in [2.24, 2.45) is 0 Å². The molecule has 0 amide bonds. The van der Waals surface area contributed by atoms with Crippen LogP contribution in [0.3, 0.4) is 0 Å². The highest BCUT2D eigenvalue weighted by atomic mass is 32.2. The number of aromatic nitrogens is 3. The van der Waals surface area contributed by atoms with Crippen LogP contribution in [0.5, 0.6) is 0 Å². The van der Waals surface area contributed by atoms with Crippen LogP contribution in [0, 0.1) is 20.8 Å². The Kier molecular flexibility index (Phi) is 4.02. The second kappa shape index (κ2) is 5.96. The standard InChI is InChI=1S/C16H17N3O2S/c1-10-13(12(3)21-19-10)8-22(20)9-16-11(2)17-14-6-4-5-7-15(14)18-16/h4-7H,8-9H2,1-3H3. The van der Waals surface area contributed by atoms with Crippen LogP contribution in [-0.4, -0.2) is 19.3 Å². The van der Waals surface area contributed by atoms with Crippen molar-refractivity contribution in [3.05, 3.63) is 52.7 Å². The van der Waals surface area contributed by atoms with Crippen molar-refractivity contribution in [1.82, 2.24) is 15.1 Å². The van der Waals surface area contributed by atoms with Gasteiger partial charge in [-0.25, -0.2) is 9.97 Å². The zero-order chi connectivity index (χ0) is 15.7. The Balaban J connectivity index is 1.83. The van der Waals surface area contributed by atoms with Gasteiger partial charge >= 0.3 is 0 Å². The van der Waals surface area contributed by atoms with Gasteiger partial charge in [0.15, 0.2) is 0 Å². The number of aryl methyl sites for hydroxylation is 3. The molecule has 5 nitrogen and oxygen atoms in total. The van der Waals surface area contributed by atoms with E-state index in [1.165, 1.54) is 0 Å². The van der Waals surface area contributed by atoms with E-state index < -0.39 is 10.8 Å². The fourth-order valence-corrected chi connectivity index (χ4v) is 3.75. The van der Waals surface area contributed by atoms with Gasteiger partial charge in [0.1, 0.15) is 5.76 Å². The summed E-state index contributed by atoms with van der Waals surface area (Å²) in [4.78, 5) is 9.13. The largest absolute Gasteiger partial charge is 0.361 e. The lowest BCUT2D eigenvalue weighted by molar-refractivity contribution is 0.392. The quantitative estimate of drug-likeness (QED) is 0.740. The van der Waals surface area contributed by atoms with Gasteiger partial charge in [-0.05, 0) is 32.9 Å². The van der Waals surface area contributed by atoms with Crippen LogP contribution in [0.1, 0.15) is 28.4 Å². The third-order valence-corrected chi connectivity index (χ3v) is 4.83. The lowest BCUT2D eigenvalue weighted by Crippen LogP contribution is -2.06. The first kappa shape index (κ1) is 14.8. The monoisotopic (exact) mass is 315 g/mol. The normalized spacial score (nSPS) is 12.7. The zero-order valence-electron chi connectivity index (χ0n) is 12.8. The molecule has 114 valence electrons. The zero-order valence-corrected chi connectivity index (χ0v) is 13.6. The Hall–Kier alpha value is -2.08. The van der Waals surface area contributed by atoms with Crippen LogP contribution in [0.2, 0.25) is 0 Å². The summed E-state index contributed by atoms with van der Waals surface area (Å²) in [5.74, 6) is 1.54. The van der Waals surface area contributed by atoms with Crippen molar-refractivity contribution in [2.45, 2.75) is 32.3 Å². The van der Waals surface area contributed by atoms with E-state index in [1.807, 2.05) is 45.0 Å². The molecule has 0 saturated heterocycles. The van der Waals surface area contributed by atoms with Crippen LogP contribution < -0.4 is 0 Å². The molecule has 0 bridgehead atoms. The molecule has 0 radical (unpaired) electrons. The van der Waals surface area contributed by atoms with E-state index in [4.69, 9.17) is 4.52 Å². The molecule has 0 saturated carbocycles. The predicted molar refractivity (Wildman–Crippen MR) is 85.8 cm³/mol. The average Bonchev–Trinajstić information content (AvgIpc) is 2.80. The Morgan fingerprint density at radius 2 is 1.68 bits per heavy atom. The van der Waals surface area contributed by atoms with Crippen molar-refractivity contribution >= 4 is 21.8 Å². The number of fused-ring (bicyclic) bond motifs is 1. The van der Waals surface area contributed by atoms with Crippen molar-refractivity contribution < 1.29 is 8.73 Å². The van der Waals surface area contributed by atoms with E-state index >= 15 is 0 Å². The minimum Gasteiger partial charge on any atom is -0.361 e. The molecule has 1 atom stereocenters. The summed E-state index contributed by atoms with van der Waals surface area (Å²) in [6, 6.07) is 7.71. The topological polar surface area (TPSA) is 68.9 Å². The van der Waals surface area contributed by atoms with Crippen molar-refractivity contribution in [1.29, 1.82) is 0 Å². The van der Waals surface area contributed by atoms with Gasteiger partial charge in [-0.1, -0.05) is 17.3 Å². The molecule has 3 aromatic rings. The number of benzene rings is 1. The summed E-state index contributed by atoms with van der Waals surface area (Å²) in [7, 11) is -1.08. The number of nitrogens with zero attached hydrogens (tertiary/aromatic N) is 3. The fourth-order valence-electron chi connectivity index (χ4n) is 2.33. The van der Waals surface area contributed by atoms with Crippen LogP contribution in [0.15, 0.2) is 28.8 Å². The van der Waals surface area contributed by atoms with Crippen LogP contribution in [0.25, 0.3) is 11.0 Å². The van der Waals surface area contributed by atoms with Gasteiger partial charge in [0, 0.05) is 16.4 Å². The third-order valence-electron chi connectivity index (χ3n) is 3.63. The smallest absolute Gasteiger partial charge is 0.138 e. The molecule has 22 heavy (non-hydrogen) atoms. The maximum absolute atomic E-state index is 12.4. The lowest BCUT2D eigenvalue weighted by Gasteiger charge is -2.06. The highest BCUT2D eigenvalue weighted by Gasteiger charge is 2.15. The minimum absolute atomic E-state index is 0.383. The van der Waals surface area contributed by atoms with Gasteiger partial charge in [-0.3, -0.25) is 4.21 Å². The third kappa shape index (κ3) is 2.92. The van der Waals surface area contributed by atoms with E-state index in [0.717, 1.165) is 39.4 Å². The highest BCUT2D eigenvalue weighted by Crippen LogP contribution is 2.18. The number of para-hydroxylation sites is 2. The van der Waals surface area contributed by atoms with E-state index in [9.17, 15) is 4.21 Å². The summed E-state index contributed by atoms with van der Waals surface area (Å²) < 4.78 is 17.6. The van der Waals surface area contributed by atoms with E-state index in [-0.39, 0.29) is 0 Å². The lowest BCUT2D eigenvalue weighted by atomic mass is 10.2. The van der Waals surface area contributed by atoms with Crippen LogP contribution >= 0.6 is 0 Å². The Labute approximate surface area is 131 Å². The molecular weight excluding hydrogens is 298 g/mol. The summed E-state index contributed by atoms with van der Waals surface area (Å²) >= 11 is 0. The average molecular weight is 315 g/mol. The molecule has 1 unspecified atom stereocenters. The molecular formula is C16H17N3O2S. The molecule has 2 aromatic heterocycles. The molecule has 0 fully saturated rings. The maximum atomic E-state index is 12.4. The van der Waals surface area contributed by atoms with E-state index in [1.54, 1.807) is 0 Å². The predicted octanol–water partition coefficient (Wildman–Crippen LogP) is 2.99. The van der Waals surface area contributed by atoms with Gasteiger partial charge in [-0.15, -0.1) is 0 Å². The number of rotatable bonds is 4. The first-order chi connectivity index (χ1) is 10.5. The number of hydrogen-bond acceptors (Lipinski definition) is 5. The molecule has 2 heterocycles. The van der Waals surface area contributed by atoms with Gasteiger partial charge in [0.05, 0.1) is 39.6 Å². The summed E-state index contributed by atoms with van der Waals surface area (Å²) in [5, 5.41) is 3.90. The van der Waals surface area contributed by atoms with Crippen LogP contribution in [-0.2, 0) is 22.3 Å². The minimum atomic E-state index is -1.08. The molecule has 0 aliphatic carbocycles. The molecule has 6 heteroatoms. The van der Waals surface area contributed by atoms with Crippen molar-refractivity contribution in [3.8, 4) is 0 Å². The van der Waals surface area contributed by atoms with Gasteiger partial charge in [-0.2, -0.15) is 0 Å².